The van der Waals surface area contributed by atoms with E-state index in [1.54, 1.807) is 0 Å². The van der Waals surface area contributed by atoms with Crippen molar-refractivity contribution in [2.75, 3.05) is 26.3 Å². The molecule has 0 aromatic carbocycles. The molecule has 0 radical (unpaired) electrons. The van der Waals surface area contributed by atoms with E-state index in [-0.39, 0.29) is 0 Å². The Morgan fingerprint density at radius 3 is 2.80 bits per heavy atom. The first kappa shape index (κ1) is 11.1. The van der Waals surface area contributed by atoms with Crippen LogP contribution in [0.4, 0.5) is 0 Å². The van der Waals surface area contributed by atoms with Crippen molar-refractivity contribution in [3.05, 3.63) is 21.9 Å². The van der Waals surface area contributed by atoms with Crippen LogP contribution in [0.15, 0.2) is 11.4 Å². The molecule has 15 heavy (non-hydrogen) atoms. The standard InChI is InChI=1S/C12H19NOS/c1-10(2)11-3-8-15-12(11)9-13-4-6-14-7-5-13/h3,8,10H,4-7,9H2,1-2H3. The summed E-state index contributed by atoms with van der Waals surface area (Å²) in [6.45, 7) is 9.58. The van der Waals surface area contributed by atoms with E-state index in [0.29, 0.717) is 5.92 Å². The van der Waals surface area contributed by atoms with Gasteiger partial charge in [-0.15, -0.1) is 11.3 Å². The van der Waals surface area contributed by atoms with Gasteiger partial charge in [-0.25, -0.2) is 0 Å². The van der Waals surface area contributed by atoms with Gasteiger partial charge in [0.15, 0.2) is 0 Å². The summed E-state index contributed by atoms with van der Waals surface area (Å²) in [5, 5.41) is 2.21. The largest absolute Gasteiger partial charge is 0.379 e. The van der Waals surface area contributed by atoms with Crippen molar-refractivity contribution in [2.45, 2.75) is 26.3 Å². The lowest BCUT2D eigenvalue weighted by Gasteiger charge is -2.26. The minimum Gasteiger partial charge on any atom is -0.379 e. The summed E-state index contributed by atoms with van der Waals surface area (Å²) >= 11 is 1.89. The number of hydrogen-bond donors (Lipinski definition) is 0. The molecule has 1 saturated heterocycles. The van der Waals surface area contributed by atoms with Crippen LogP contribution >= 0.6 is 11.3 Å². The molecule has 0 unspecified atom stereocenters. The minimum atomic E-state index is 0.646. The molecular weight excluding hydrogens is 206 g/mol. The summed E-state index contributed by atoms with van der Waals surface area (Å²) in [5.74, 6) is 0.646. The number of nitrogens with zero attached hydrogens (tertiary/aromatic N) is 1. The average Bonchev–Trinajstić information content (AvgIpc) is 2.67. The Kier molecular flexibility index (Phi) is 3.78. The Hall–Kier alpha value is -0.380. The van der Waals surface area contributed by atoms with Gasteiger partial charge in [-0.05, 0) is 22.9 Å². The zero-order valence-corrected chi connectivity index (χ0v) is 10.3. The van der Waals surface area contributed by atoms with Crippen LogP contribution in [0.25, 0.3) is 0 Å². The van der Waals surface area contributed by atoms with Crippen LogP contribution in [0, 0.1) is 0 Å². The first-order valence-corrected chi connectivity index (χ1v) is 6.51. The molecule has 0 atom stereocenters. The van der Waals surface area contributed by atoms with E-state index in [2.05, 4.69) is 30.2 Å². The van der Waals surface area contributed by atoms with Gasteiger partial charge in [0.25, 0.3) is 0 Å². The maximum Gasteiger partial charge on any atom is 0.0594 e. The molecule has 2 nitrogen and oxygen atoms in total. The molecular formula is C12H19NOS. The number of ether oxygens (including phenoxy) is 1. The molecule has 1 aliphatic rings. The molecule has 0 aliphatic carbocycles. The molecule has 1 aliphatic heterocycles. The Labute approximate surface area is 95.9 Å². The molecule has 0 amide bonds. The van der Waals surface area contributed by atoms with Crippen LogP contribution in [-0.4, -0.2) is 31.2 Å². The quantitative estimate of drug-likeness (QED) is 0.784. The van der Waals surface area contributed by atoms with Crippen molar-refractivity contribution in [1.29, 1.82) is 0 Å². The fraction of sp³-hybridized carbons (Fsp3) is 0.667. The maximum absolute atomic E-state index is 5.36. The predicted octanol–water partition coefficient (Wildman–Crippen LogP) is 2.70. The average molecular weight is 225 g/mol. The van der Waals surface area contributed by atoms with Crippen LogP contribution in [0.3, 0.4) is 0 Å². The predicted molar refractivity (Wildman–Crippen MR) is 64.5 cm³/mol. The van der Waals surface area contributed by atoms with Gasteiger partial charge in [-0.3, -0.25) is 4.90 Å². The highest BCUT2D eigenvalue weighted by molar-refractivity contribution is 7.10. The third kappa shape index (κ3) is 2.80. The van der Waals surface area contributed by atoms with E-state index in [1.807, 2.05) is 11.3 Å². The first-order valence-electron chi connectivity index (χ1n) is 5.63. The van der Waals surface area contributed by atoms with Gasteiger partial charge < -0.3 is 4.74 Å². The molecule has 1 aromatic heterocycles. The van der Waals surface area contributed by atoms with Crippen LogP contribution in [0.2, 0.25) is 0 Å². The van der Waals surface area contributed by atoms with E-state index in [9.17, 15) is 0 Å². The third-order valence-corrected chi connectivity index (χ3v) is 3.79. The SMILES string of the molecule is CC(C)c1ccsc1CN1CCOCC1. The Morgan fingerprint density at radius 2 is 2.13 bits per heavy atom. The number of morpholine rings is 1. The Bertz CT molecular complexity index is 302. The fourth-order valence-corrected chi connectivity index (χ4v) is 3.03. The van der Waals surface area contributed by atoms with Gasteiger partial charge in [0, 0.05) is 24.5 Å². The number of thiophene rings is 1. The second-order valence-electron chi connectivity index (χ2n) is 4.34. The second-order valence-corrected chi connectivity index (χ2v) is 5.34. The highest BCUT2D eigenvalue weighted by Gasteiger charge is 2.14. The highest BCUT2D eigenvalue weighted by Crippen LogP contribution is 2.26. The molecule has 2 rings (SSSR count). The van der Waals surface area contributed by atoms with Crippen molar-refractivity contribution in [1.82, 2.24) is 4.90 Å². The van der Waals surface area contributed by atoms with Crippen molar-refractivity contribution >= 4 is 11.3 Å². The lowest BCUT2D eigenvalue weighted by Crippen LogP contribution is -2.35. The lowest BCUT2D eigenvalue weighted by atomic mass is 10.0. The Balaban J connectivity index is 1.99. The molecule has 0 saturated carbocycles. The molecule has 2 heterocycles. The van der Waals surface area contributed by atoms with Crippen molar-refractivity contribution < 1.29 is 4.74 Å². The highest BCUT2D eigenvalue weighted by atomic mass is 32.1. The minimum absolute atomic E-state index is 0.646. The molecule has 3 heteroatoms. The number of rotatable bonds is 3. The third-order valence-electron chi connectivity index (χ3n) is 2.87. The van der Waals surface area contributed by atoms with Crippen molar-refractivity contribution in [3.63, 3.8) is 0 Å². The zero-order chi connectivity index (χ0) is 10.7. The van der Waals surface area contributed by atoms with E-state index < -0.39 is 0 Å². The molecule has 0 N–H and O–H groups in total. The van der Waals surface area contributed by atoms with Crippen LogP contribution in [0.1, 0.15) is 30.2 Å². The van der Waals surface area contributed by atoms with Gasteiger partial charge in [0.05, 0.1) is 13.2 Å². The van der Waals surface area contributed by atoms with E-state index in [0.717, 1.165) is 32.8 Å². The maximum atomic E-state index is 5.36. The summed E-state index contributed by atoms with van der Waals surface area (Å²) in [6, 6.07) is 2.27. The van der Waals surface area contributed by atoms with Crippen LogP contribution in [-0.2, 0) is 11.3 Å². The lowest BCUT2D eigenvalue weighted by molar-refractivity contribution is 0.0345. The van der Waals surface area contributed by atoms with Crippen molar-refractivity contribution in [2.24, 2.45) is 0 Å². The van der Waals surface area contributed by atoms with Crippen molar-refractivity contribution in [3.8, 4) is 0 Å². The molecule has 0 spiro atoms. The van der Waals surface area contributed by atoms with E-state index >= 15 is 0 Å². The Morgan fingerprint density at radius 1 is 1.40 bits per heavy atom. The second kappa shape index (κ2) is 5.10. The normalized spacial score (nSPS) is 18.6. The van der Waals surface area contributed by atoms with Gasteiger partial charge in [-0.1, -0.05) is 13.8 Å². The topological polar surface area (TPSA) is 12.5 Å². The van der Waals surface area contributed by atoms with Crippen LogP contribution in [0.5, 0.6) is 0 Å². The summed E-state index contributed by atoms with van der Waals surface area (Å²) in [6.07, 6.45) is 0. The van der Waals surface area contributed by atoms with Gasteiger partial charge in [0.2, 0.25) is 0 Å². The van der Waals surface area contributed by atoms with Gasteiger partial charge >= 0.3 is 0 Å². The first-order chi connectivity index (χ1) is 7.27. The smallest absolute Gasteiger partial charge is 0.0594 e. The van der Waals surface area contributed by atoms with E-state index in [4.69, 9.17) is 4.74 Å². The fourth-order valence-electron chi connectivity index (χ4n) is 1.96. The van der Waals surface area contributed by atoms with Gasteiger partial charge in [0.1, 0.15) is 0 Å². The monoisotopic (exact) mass is 225 g/mol. The molecule has 1 fully saturated rings. The number of hydrogen-bond acceptors (Lipinski definition) is 3. The summed E-state index contributed by atoms with van der Waals surface area (Å²) in [4.78, 5) is 4.02. The molecule has 84 valence electrons. The summed E-state index contributed by atoms with van der Waals surface area (Å²) in [7, 11) is 0. The van der Waals surface area contributed by atoms with E-state index in [1.165, 1.54) is 10.4 Å². The zero-order valence-electron chi connectivity index (χ0n) is 9.53. The molecule has 0 bridgehead atoms. The van der Waals surface area contributed by atoms with Crippen LogP contribution < -0.4 is 0 Å². The summed E-state index contributed by atoms with van der Waals surface area (Å²) in [5.41, 5.74) is 1.52. The summed E-state index contributed by atoms with van der Waals surface area (Å²) < 4.78 is 5.36. The van der Waals surface area contributed by atoms with Gasteiger partial charge in [-0.2, -0.15) is 0 Å². The molecule has 1 aromatic rings.